The number of carbonyl (C=O) groups excluding carboxylic acids is 2. The van der Waals surface area contributed by atoms with E-state index in [1.165, 1.54) is 12.2 Å². The number of benzene rings is 3. The van der Waals surface area contributed by atoms with E-state index in [2.05, 4.69) is 0 Å². The number of rotatable bonds is 8. The number of anilines is 1. The average molecular weight is 428 g/mol. The molecule has 0 aromatic heterocycles. The molecule has 0 bridgehead atoms. The normalized spacial score (nSPS) is 11.0. The Morgan fingerprint density at radius 1 is 0.781 bits per heavy atom. The third kappa shape index (κ3) is 6.44. The van der Waals surface area contributed by atoms with E-state index in [1.807, 2.05) is 67.5 Å². The molecule has 0 aliphatic carbocycles. The van der Waals surface area contributed by atoms with Gasteiger partial charge in [-0.25, -0.2) is 4.79 Å². The van der Waals surface area contributed by atoms with Crippen LogP contribution >= 0.6 is 0 Å². The lowest BCUT2D eigenvalue weighted by Crippen LogP contribution is -2.07. The van der Waals surface area contributed by atoms with E-state index in [9.17, 15) is 9.59 Å². The number of allylic oxidation sites excluding steroid dienone is 1. The molecule has 162 valence electrons. The van der Waals surface area contributed by atoms with Gasteiger partial charge in [0, 0.05) is 31.4 Å². The molecule has 0 spiro atoms. The molecule has 0 amide bonds. The van der Waals surface area contributed by atoms with Crippen LogP contribution in [-0.4, -0.2) is 33.0 Å². The number of hydrogen-bond acceptors (Lipinski definition) is 5. The van der Waals surface area contributed by atoms with Crippen molar-refractivity contribution in [1.29, 1.82) is 0 Å². The van der Waals surface area contributed by atoms with Crippen LogP contribution in [0.1, 0.15) is 21.5 Å². The minimum Gasteiger partial charge on any atom is -0.497 e. The number of ether oxygens (including phenoxy) is 2. The molecule has 0 N–H and O–H groups in total. The minimum atomic E-state index is -0.526. The van der Waals surface area contributed by atoms with Crippen LogP contribution in [0.4, 0.5) is 5.69 Å². The van der Waals surface area contributed by atoms with Crippen LogP contribution in [0, 0.1) is 0 Å². The zero-order valence-electron chi connectivity index (χ0n) is 18.3. The molecular weight excluding hydrogens is 402 g/mol. The number of nitrogens with zero attached hydrogens (tertiary/aromatic N) is 1. The summed E-state index contributed by atoms with van der Waals surface area (Å²) < 4.78 is 10.4. The molecule has 5 nitrogen and oxygen atoms in total. The van der Waals surface area contributed by atoms with Crippen molar-refractivity contribution < 1.29 is 19.1 Å². The third-order valence-electron chi connectivity index (χ3n) is 4.70. The Hall–Kier alpha value is -4.12. The summed E-state index contributed by atoms with van der Waals surface area (Å²) in [6, 6.07) is 21.7. The highest BCUT2D eigenvalue weighted by molar-refractivity contribution is 6.07. The molecule has 32 heavy (non-hydrogen) atoms. The highest BCUT2D eigenvalue weighted by Crippen LogP contribution is 2.17. The van der Waals surface area contributed by atoms with Crippen molar-refractivity contribution in [1.82, 2.24) is 0 Å². The Morgan fingerprint density at radius 3 is 2.03 bits per heavy atom. The van der Waals surface area contributed by atoms with Crippen LogP contribution in [0.2, 0.25) is 0 Å². The Kier molecular flexibility index (Phi) is 7.60. The van der Waals surface area contributed by atoms with E-state index < -0.39 is 5.97 Å². The predicted molar refractivity (Wildman–Crippen MR) is 128 cm³/mol. The van der Waals surface area contributed by atoms with Crippen molar-refractivity contribution in [2.24, 2.45) is 0 Å². The van der Waals surface area contributed by atoms with Crippen LogP contribution in [-0.2, 0) is 4.79 Å². The van der Waals surface area contributed by atoms with Crippen molar-refractivity contribution in [3.05, 3.63) is 102 Å². The van der Waals surface area contributed by atoms with E-state index in [0.717, 1.165) is 22.6 Å². The van der Waals surface area contributed by atoms with Gasteiger partial charge in [0.05, 0.1) is 7.11 Å². The molecule has 0 unspecified atom stereocenters. The number of carbonyl (C=O) groups is 2. The minimum absolute atomic E-state index is 0.173. The summed E-state index contributed by atoms with van der Waals surface area (Å²) in [6.45, 7) is 0. The van der Waals surface area contributed by atoms with E-state index >= 15 is 0 Å². The van der Waals surface area contributed by atoms with Crippen molar-refractivity contribution in [2.75, 3.05) is 26.1 Å². The summed E-state index contributed by atoms with van der Waals surface area (Å²) in [5, 5.41) is 0. The summed E-state index contributed by atoms with van der Waals surface area (Å²) in [5.74, 6) is 0.352. The second-order valence-electron chi connectivity index (χ2n) is 7.24. The number of methoxy groups -OCH3 is 1. The van der Waals surface area contributed by atoms with Crippen molar-refractivity contribution in [3.63, 3.8) is 0 Å². The van der Waals surface area contributed by atoms with E-state index in [0.29, 0.717) is 11.3 Å². The monoisotopic (exact) mass is 427 g/mol. The largest absolute Gasteiger partial charge is 0.497 e. The van der Waals surface area contributed by atoms with Gasteiger partial charge in [0.15, 0.2) is 5.78 Å². The van der Waals surface area contributed by atoms with Crippen LogP contribution in [0.25, 0.3) is 12.2 Å². The molecule has 0 aliphatic rings. The maximum absolute atomic E-state index is 12.5. The smallest absolute Gasteiger partial charge is 0.336 e. The molecule has 5 heteroatoms. The van der Waals surface area contributed by atoms with Crippen molar-refractivity contribution in [3.8, 4) is 11.5 Å². The molecule has 0 heterocycles. The standard InChI is InChI=1S/C27H25NO4/c1-28(2)23-13-7-20(8-14-23)11-17-26(29)22-5-4-6-25(19-22)32-27(30)18-12-21-9-15-24(31-3)16-10-21/h4-19H,1-3H3/b17-11+,18-12+. The highest BCUT2D eigenvalue weighted by atomic mass is 16.5. The SMILES string of the molecule is COc1ccc(/C=C/C(=O)Oc2cccc(C(=O)/C=C/c3ccc(N(C)C)cc3)c2)cc1. The summed E-state index contributed by atoms with van der Waals surface area (Å²) in [6.07, 6.45) is 6.27. The van der Waals surface area contributed by atoms with Gasteiger partial charge in [-0.05, 0) is 59.7 Å². The van der Waals surface area contributed by atoms with Gasteiger partial charge in [-0.3, -0.25) is 4.79 Å². The number of esters is 1. The van der Waals surface area contributed by atoms with Gasteiger partial charge in [-0.15, -0.1) is 0 Å². The van der Waals surface area contributed by atoms with Gasteiger partial charge in [-0.1, -0.05) is 42.5 Å². The van der Waals surface area contributed by atoms with Crippen molar-refractivity contribution in [2.45, 2.75) is 0 Å². The second kappa shape index (κ2) is 10.8. The lowest BCUT2D eigenvalue weighted by molar-refractivity contribution is -0.128. The first-order chi connectivity index (χ1) is 15.4. The molecule has 3 rings (SSSR count). The van der Waals surface area contributed by atoms with Gasteiger partial charge < -0.3 is 14.4 Å². The average Bonchev–Trinajstić information content (AvgIpc) is 2.82. The van der Waals surface area contributed by atoms with Crippen LogP contribution in [0.15, 0.2) is 84.9 Å². The van der Waals surface area contributed by atoms with Gasteiger partial charge in [-0.2, -0.15) is 0 Å². The Morgan fingerprint density at radius 2 is 1.41 bits per heavy atom. The second-order valence-corrected chi connectivity index (χ2v) is 7.24. The Balaban J connectivity index is 1.61. The first kappa shape index (κ1) is 22.6. The maximum atomic E-state index is 12.5. The third-order valence-corrected chi connectivity index (χ3v) is 4.70. The van der Waals surface area contributed by atoms with E-state index in [-0.39, 0.29) is 5.78 Å². The van der Waals surface area contributed by atoms with Gasteiger partial charge in [0.1, 0.15) is 11.5 Å². The quantitative estimate of drug-likeness (QED) is 0.212. The first-order valence-corrected chi connectivity index (χ1v) is 10.1. The van der Waals surface area contributed by atoms with Crippen LogP contribution in [0.5, 0.6) is 11.5 Å². The molecule has 0 fully saturated rings. The fourth-order valence-corrected chi connectivity index (χ4v) is 2.89. The molecule has 0 saturated heterocycles. The fraction of sp³-hybridized carbons (Fsp3) is 0.111. The molecule has 0 atom stereocenters. The number of hydrogen-bond donors (Lipinski definition) is 0. The maximum Gasteiger partial charge on any atom is 0.336 e. The fourth-order valence-electron chi connectivity index (χ4n) is 2.89. The molecule has 0 saturated carbocycles. The highest BCUT2D eigenvalue weighted by Gasteiger charge is 2.06. The predicted octanol–water partition coefficient (Wildman–Crippen LogP) is 5.28. The lowest BCUT2D eigenvalue weighted by atomic mass is 10.1. The zero-order chi connectivity index (χ0) is 22.9. The molecule has 0 radical (unpaired) electrons. The van der Waals surface area contributed by atoms with Gasteiger partial charge in [0.25, 0.3) is 0 Å². The topological polar surface area (TPSA) is 55.8 Å². The molecule has 0 aliphatic heterocycles. The Bertz CT molecular complexity index is 1130. The van der Waals surface area contributed by atoms with Crippen LogP contribution < -0.4 is 14.4 Å². The van der Waals surface area contributed by atoms with Crippen molar-refractivity contribution >= 4 is 29.6 Å². The summed E-state index contributed by atoms with van der Waals surface area (Å²) in [7, 11) is 5.55. The van der Waals surface area contributed by atoms with E-state index in [1.54, 1.807) is 43.5 Å². The van der Waals surface area contributed by atoms with Crippen LogP contribution in [0.3, 0.4) is 0 Å². The number of ketones is 1. The zero-order valence-corrected chi connectivity index (χ0v) is 18.3. The summed E-state index contributed by atoms with van der Waals surface area (Å²) >= 11 is 0. The molecule has 3 aromatic rings. The van der Waals surface area contributed by atoms with E-state index in [4.69, 9.17) is 9.47 Å². The summed E-state index contributed by atoms with van der Waals surface area (Å²) in [5.41, 5.74) is 3.30. The van der Waals surface area contributed by atoms with Gasteiger partial charge in [0.2, 0.25) is 0 Å². The lowest BCUT2D eigenvalue weighted by Gasteiger charge is -2.11. The molecule has 3 aromatic carbocycles. The van der Waals surface area contributed by atoms with Gasteiger partial charge >= 0.3 is 5.97 Å². The first-order valence-electron chi connectivity index (χ1n) is 10.1. The molecular formula is C27H25NO4. The Labute approximate surface area is 188 Å². The summed E-state index contributed by atoms with van der Waals surface area (Å²) in [4.78, 5) is 26.7.